The van der Waals surface area contributed by atoms with Crippen molar-refractivity contribution in [3.63, 3.8) is 0 Å². The molecule has 1 fully saturated rings. The second kappa shape index (κ2) is 8.92. The summed E-state index contributed by atoms with van der Waals surface area (Å²) in [7, 11) is 1.27. The Morgan fingerprint density at radius 2 is 1.81 bits per heavy atom. The van der Waals surface area contributed by atoms with Crippen molar-refractivity contribution in [1.82, 2.24) is 10.2 Å². The van der Waals surface area contributed by atoms with Crippen LogP contribution in [-0.2, 0) is 14.3 Å². The predicted octanol–water partition coefficient (Wildman–Crippen LogP) is 2.13. The molecule has 0 aliphatic carbocycles. The van der Waals surface area contributed by atoms with E-state index in [1.807, 2.05) is 0 Å². The summed E-state index contributed by atoms with van der Waals surface area (Å²) in [4.78, 5) is 38.1. The molecule has 1 N–H and O–H groups in total. The number of amides is 2. The fourth-order valence-corrected chi connectivity index (χ4v) is 3.07. The maximum absolute atomic E-state index is 13.8. The molecule has 1 aliphatic heterocycles. The molecule has 1 unspecified atom stereocenters. The Morgan fingerprint density at radius 1 is 1.19 bits per heavy atom. The number of carbonyl (C=O) groups is 3. The number of piperidine rings is 1. The lowest BCUT2D eigenvalue weighted by Gasteiger charge is -2.32. The van der Waals surface area contributed by atoms with E-state index < -0.39 is 29.6 Å². The minimum absolute atomic E-state index is 0.121. The van der Waals surface area contributed by atoms with Crippen LogP contribution in [0.1, 0.15) is 37.0 Å². The van der Waals surface area contributed by atoms with E-state index in [9.17, 15) is 23.2 Å². The van der Waals surface area contributed by atoms with Gasteiger partial charge in [-0.1, -0.05) is 13.8 Å². The van der Waals surface area contributed by atoms with Gasteiger partial charge in [0, 0.05) is 25.1 Å². The van der Waals surface area contributed by atoms with Crippen LogP contribution in [-0.4, -0.2) is 48.9 Å². The van der Waals surface area contributed by atoms with Crippen molar-refractivity contribution >= 4 is 17.8 Å². The van der Waals surface area contributed by atoms with Crippen molar-refractivity contribution < 1.29 is 27.9 Å². The summed E-state index contributed by atoms with van der Waals surface area (Å²) in [5.74, 6) is -3.41. The molecule has 1 saturated heterocycles. The lowest BCUT2D eigenvalue weighted by Crippen LogP contribution is -2.49. The van der Waals surface area contributed by atoms with E-state index >= 15 is 0 Å². The average molecular weight is 382 g/mol. The highest BCUT2D eigenvalue weighted by molar-refractivity contribution is 5.94. The number of rotatable bonds is 5. The van der Waals surface area contributed by atoms with Gasteiger partial charge in [0.25, 0.3) is 5.91 Å². The summed E-state index contributed by atoms with van der Waals surface area (Å²) in [5, 5.41) is 2.71. The van der Waals surface area contributed by atoms with Crippen molar-refractivity contribution in [2.75, 3.05) is 20.2 Å². The standard InChI is InChI=1S/C19H24F2N2O4/c1-11(2)16(19(26)27-3)22-17(24)12-6-8-23(9-7-12)18(25)14-5-4-13(20)10-15(14)21/h4-5,10-12,16H,6-9H2,1-3H3,(H,22,24). The first-order chi connectivity index (χ1) is 12.7. The number of hydrogen-bond donors (Lipinski definition) is 1. The molecule has 27 heavy (non-hydrogen) atoms. The number of hydrogen-bond acceptors (Lipinski definition) is 4. The van der Waals surface area contributed by atoms with Gasteiger partial charge < -0.3 is 15.0 Å². The smallest absolute Gasteiger partial charge is 0.328 e. The first kappa shape index (κ1) is 20.8. The van der Waals surface area contributed by atoms with Crippen molar-refractivity contribution in [3.8, 4) is 0 Å². The Hall–Kier alpha value is -2.51. The van der Waals surface area contributed by atoms with Gasteiger partial charge >= 0.3 is 5.97 Å². The molecule has 2 rings (SSSR count). The number of nitrogens with one attached hydrogen (secondary N) is 1. The molecule has 8 heteroatoms. The van der Waals surface area contributed by atoms with Crippen molar-refractivity contribution in [2.24, 2.45) is 11.8 Å². The molecule has 0 radical (unpaired) electrons. The largest absolute Gasteiger partial charge is 0.467 e. The molecule has 0 aromatic heterocycles. The summed E-state index contributed by atoms with van der Waals surface area (Å²) in [6.45, 7) is 4.16. The van der Waals surface area contributed by atoms with Gasteiger partial charge in [-0.05, 0) is 30.9 Å². The molecule has 1 aromatic rings. The van der Waals surface area contributed by atoms with Crippen molar-refractivity contribution in [3.05, 3.63) is 35.4 Å². The summed E-state index contributed by atoms with van der Waals surface area (Å²) in [6, 6.07) is 2.10. The summed E-state index contributed by atoms with van der Waals surface area (Å²) < 4.78 is 31.5. The van der Waals surface area contributed by atoms with Crippen LogP contribution >= 0.6 is 0 Å². The fraction of sp³-hybridized carbons (Fsp3) is 0.526. The SMILES string of the molecule is COC(=O)C(NC(=O)C1CCN(C(=O)c2ccc(F)cc2F)CC1)C(C)C. The fourth-order valence-electron chi connectivity index (χ4n) is 3.07. The molecule has 1 aromatic carbocycles. The summed E-state index contributed by atoms with van der Waals surface area (Å²) >= 11 is 0. The molecular weight excluding hydrogens is 358 g/mol. The zero-order valence-electron chi connectivity index (χ0n) is 15.6. The molecule has 2 amide bonds. The van der Waals surface area contributed by atoms with Crippen LogP contribution in [0.4, 0.5) is 8.78 Å². The first-order valence-electron chi connectivity index (χ1n) is 8.87. The Labute approximate surface area is 156 Å². The zero-order valence-corrected chi connectivity index (χ0v) is 15.6. The van der Waals surface area contributed by atoms with E-state index in [0.717, 1.165) is 12.1 Å². The number of ether oxygens (including phenoxy) is 1. The van der Waals surface area contributed by atoms with Gasteiger partial charge in [-0.15, -0.1) is 0 Å². The number of methoxy groups -OCH3 is 1. The number of benzene rings is 1. The van der Waals surface area contributed by atoms with Crippen LogP contribution < -0.4 is 5.32 Å². The van der Waals surface area contributed by atoms with Gasteiger partial charge in [-0.3, -0.25) is 9.59 Å². The molecule has 0 spiro atoms. The van der Waals surface area contributed by atoms with Crippen molar-refractivity contribution in [1.29, 1.82) is 0 Å². The lowest BCUT2D eigenvalue weighted by atomic mass is 9.94. The van der Waals surface area contributed by atoms with Crippen LogP contribution in [0.5, 0.6) is 0 Å². The van der Waals surface area contributed by atoms with Crippen LogP contribution in [0, 0.1) is 23.5 Å². The molecule has 0 bridgehead atoms. The molecular formula is C19H24F2N2O4. The predicted molar refractivity (Wildman–Crippen MR) is 93.8 cm³/mol. The summed E-state index contributed by atoms with van der Waals surface area (Å²) in [5.41, 5.74) is -0.190. The number of carbonyl (C=O) groups excluding carboxylic acids is 3. The minimum Gasteiger partial charge on any atom is -0.467 e. The lowest BCUT2D eigenvalue weighted by molar-refractivity contribution is -0.147. The number of likely N-dealkylation sites (tertiary alicyclic amines) is 1. The highest BCUT2D eigenvalue weighted by Crippen LogP contribution is 2.21. The maximum Gasteiger partial charge on any atom is 0.328 e. The van der Waals surface area contributed by atoms with Gasteiger partial charge in [-0.2, -0.15) is 0 Å². The van der Waals surface area contributed by atoms with Crippen LogP contribution in [0.15, 0.2) is 18.2 Å². The van der Waals surface area contributed by atoms with Crippen LogP contribution in [0.3, 0.4) is 0 Å². The van der Waals surface area contributed by atoms with E-state index in [1.165, 1.54) is 12.0 Å². The van der Waals surface area contributed by atoms with Gasteiger partial charge in [-0.25, -0.2) is 13.6 Å². The molecule has 1 aliphatic rings. The van der Waals surface area contributed by atoms with Gasteiger partial charge in [0.15, 0.2) is 0 Å². The average Bonchev–Trinajstić information content (AvgIpc) is 2.64. The Bertz CT molecular complexity index is 716. The first-order valence-corrected chi connectivity index (χ1v) is 8.87. The second-order valence-electron chi connectivity index (χ2n) is 6.94. The van der Waals surface area contributed by atoms with Gasteiger partial charge in [0.1, 0.15) is 17.7 Å². The monoisotopic (exact) mass is 382 g/mol. The summed E-state index contributed by atoms with van der Waals surface area (Å²) in [6.07, 6.45) is 0.790. The Balaban J connectivity index is 1.95. The third kappa shape index (κ3) is 5.02. The number of esters is 1. The van der Waals surface area contributed by atoms with E-state index in [4.69, 9.17) is 4.74 Å². The highest BCUT2D eigenvalue weighted by atomic mass is 19.1. The Kier molecular flexibility index (Phi) is 6.87. The minimum atomic E-state index is -0.905. The highest BCUT2D eigenvalue weighted by Gasteiger charge is 2.32. The molecule has 1 atom stereocenters. The van der Waals surface area contributed by atoms with E-state index in [-0.39, 0.29) is 36.4 Å². The topological polar surface area (TPSA) is 75.7 Å². The number of nitrogens with zero attached hydrogens (tertiary/aromatic N) is 1. The van der Waals surface area contributed by atoms with Crippen LogP contribution in [0.25, 0.3) is 0 Å². The van der Waals surface area contributed by atoms with E-state index in [2.05, 4.69) is 5.32 Å². The van der Waals surface area contributed by atoms with Crippen LogP contribution in [0.2, 0.25) is 0 Å². The van der Waals surface area contributed by atoms with Gasteiger partial charge in [0.05, 0.1) is 12.7 Å². The molecule has 6 nitrogen and oxygen atoms in total. The second-order valence-corrected chi connectivity index (χ2v) is 6.94. The third-order valence-corrected chi connectivity index (χ3v) is 4.73. The normalized spacial score (nSPS) is 16.1. The van der Waals surface area contributed by atoms with E-state index in [0.29, 0.717) is 18.9 Å². The quantitative estimate of drug-likeness (QED) is 0.792. The maximum atomic E-state index is 13.8. The Morgan fingerprint density at radius 3 is 2.33 bits per heavy atom. The molecule has 0 saturated carbocycles. The number of halogens is 2. The zero-order chi connectivity index (χ0) is 20.1. The molecule has 148 valence electrons. The third-order valence-electron chi connectivity index (χ3n) is 4.73. The van der Waals surface area contributed by atoms with Crippen molar-refractivity contribution in [2.45, 2.75) is 32.7 Å². The van der Waals surface area contributed by atoms with E-state index in [1.54, 1.807) is 13.8 Å². The van der Waals surface area contributed by atoms with Gasteiger partial charge in [0.2, 0.25) is 5.91 Å². The molecule has 1 heterocycles.